The summed E-state index contributed by atoms with van der Waals surface area (Å²) in [5.74, 6) is 0.415. The lowest BCUT2D eigenvalue weighted by molar-refractivity contribution is 1.42. The van der Waals surface area contributed by atoms with Crippen molar-refractivity contribution in [3.63, 3.8) is 0 Å². The molecule has 0 spiro atoms. The van der Waals surface area contributed by atoms with Gasteiger partial charge in [0.1, 0.15) is 0 Å². The summed E-state index contributed by atoms with van der Waals surface area (Å²) in [5.41, 5.74) is 0.858. The van der Waals surface area contributed by atoms with Gasteiger partial charge >= 0.3 is 0 Å². The molecule has 0 saturated carbocycles. The monoisotopic (exact) mass is 232 g/mol. The van der Waals surface area contributed by atoms with Gasteiger partial charge in [0.15, 0.2) is 5.52 Å². The lowest BCUT2D eigenvalue weighted by Gasteiger charge is -1.96. The topological polar surface area (TPSA) is 17.2 Å². The summed E-state index contributed by atoms with van der Waals surface area (Å²) in [6.45, 7) is 6.89. The smallest absolute Gasteiger partial charge is 0.284 e. The molecule has 0 atom stereocenters. The molecule has 62 valence electrons. The summed E-state index contributed by atoms with van der Waals surface area (Å²) < 4.78 is 0.751. The van der Waals surface area contributed by atoms with Crippen molar-refractivity contribution in [2.24, 2.45) is 0 Å². The summed E-state index contributed by atoms with van der Waals surface area (Å²) in [6.07, 6.45) is 0. The molecule has 2 aromatic rings. The van der Waals surface area contributed by atoms with Crippen molar-refractivity contribution < 1.29 is 0 Å². The standard InChI is InChI=1S/C10H5BrN2/c1-12-10-8(11)6-7-4-2-3-5-9(7)13-10/h2-6H. The summed E-state index contributed by atoms with van der Waals surface area (Å²) >= 11 is 3.30. The number of benzene rings is 1. The molecule has 0 unspecified atom stereocenters. The van der Waals surface area contributed by atoms with Gasteiger partial charge in [-0.25, -0.2) is 0 Å². The summed E-state index contributed by atoms with van der Waals surface area (Å²) in [6, 6.07) is 9.65. The van der Waals surface area contributed by atoms with Crippen molar-refractivity contribution >= 4 is 32.7 Å². The van der Waals surface area contributed by atoms with Gasteiger partial charge in [0.05, 0.1) is 0 Å². The summed E-state index contributed by atoms with van der Waals surface area (Å²) in [4.78, 5) is 7.50. The Balaban J connectivity index is 2.83. The minimum Gasteiger partial charge on any atom is -0.360 e. The molecule has 0 bridgehead atoms. The molecule has 0 aliphatic heterocycles. The fourth-order valence-corrected chi connectivity index (χ4v) is 1.58. The van der Waals surface area contributed by atoms with E-state index in [-0.39, 0.29) is 0 Å². The van der Waals surface area contributed by atoms with E-state index in [1.165, 1.54) is 0 Å². The van der Waals surface area contributed by atoms with Crippen molar-refractivity contribution in [1.82, 2.24) is 4.98 Å². The zero-order chi connectivity index (χ0) is 9.26. The maximum atomic E-state index is 6.89. The summed E-state index contributed by atoms with van der Waals surface area (Å²) in [5, 5.41) is 1.04. The predicted octanol–water partition coefficient (Wildman–Crippen LogP) is 3.55. The quantitative estimate of drug-likeness (QED) is 0.636. The third-order valence-electron chi connectivity index (χ3n) is 1.76. The minimum absolute atomic E-state index is 0.415. The van der Waals surface area contributed by atoms with Crippen molar-refractivity contribution in [2.75, 3.05) is 0 Å². The number of hydrogen-bond acceptors (Lipinski definition) is 1. The second-order valence-electron chi connectivity index (χ2n) is 2.60. The predicted molar refractivity (Wildman–Crippen MR) is 55.7 cm³/mol. The van der Waals surface area contributed by atoms with Crippen LogP contribution in [0.2, 0.25) is 0 Å². The first kappa shape index (κ1) is 8.21. The fraction of sp³-hybridized carbons (Fsp3) is 0. The van der Waals surface area contributed by atoms with Crippen LogP contribution in [-0.2, 0) is 0 Å². The van der Waals surface area contributed by atoms with E-state index in [0.29, 0.717) is 5.82 Å². The average molecular weight is 233 g/mol. The zero-order valence-corrected chi connectivity index (χ0v) is 8.25. The molecule has 0 aliphatic carbocycles. The molecule has 3 heteroatoms. The van der Waals surface area contributed by atoms with Crippen molar-refractivity contribution in [2.45, 2.75) is 0 Å². The van der Waals surface area contributed by atoms with Crippen LogP contribution in [0.15, 0.2) is 34.8 Å². The molecule has 0 saturated heterocycles. The maximum absolute atomic E-state index is 6.89. The minimum atomic E-state index is 0.415. The largest absolute Gasteiger partial charge is 0.360 e. The molecule has 2 rings (SSSR count). The van der Waals surface area contributed by atoms with E-state index in [2.05, 4.69) is 25.8 Å². The van der Waals surface area contributed by atoms with E-state index < -0.39 is 0 Å². The Hall–Kier alpha value is -1.40. The Kier molecular flexibility index (Phi) is 1.99. The van der Waals surface area contributed by atoms with Crippen LogP contribution in [-0.4, -0.2) is 4.98 Å². The van der Waals surface area contributed by atoms with Gasteiger partial charge in [-0.1, -0.05) is 40.7 Å². The van der Waals surface area contributed by atoms with E-state index in [0.717, 1.165) is 15.4 Å². The molecule has 0 amide bonds. The molecule has 0 N–H and O–H groups in total. The number of para-hydroxylation sites is 1. The molecule has 13 heavy (non-hydrogen) atoms. The van der Waals surface area contributed by atoms with Gasteiger partial charge in [0, 0.05) is 9.86 Å². The van der Waals surface area contributed by atoms with Crippen LogP contribution in [0.5, 0.6) is 0 Å². The third-order valence-corrected chi connectivity index (χ3v) is 2.35. The van der Waals surface area contributed by atoms with Crippen molar-refractivity contribution in [3.8, 4) is 0 Å². The number of aromatic nitrogens is 1. The van der Waals surface area contributed by atoms with Gasteiger partial charge < -0.3 is 4.85 Å². The van der Waals surface area contributed by atoms with Gasteiger partial charge in [-0.15, -0.1) is 4.98 Å². The normalized spacial score (nSPS) is 9.85. The molecule has 1 heterocycles. The van der Waals surface area contributed by atoms with E-state index >= 15 is 0 Å². The van der Waals surface area contributed by atoms with Crippen LogP contribution in [0, 0.1) is 6.57 Å². The fourth-order valence-electron chi connectivity index (χ4n) is 1.16. The lowest BCUT2D eigenvalue weighted by atomic mass is 10.2. The van der Waals surface area contributed by atoms with Gasteiger partial charge in [0.25, 0.3) is 5.82 Å². The van der Waals surface area contributed by atoms with Crippen molar-refractivity contribution in [3.05, 3.63) is 46.2 Å². The Morgan fingerprint density at radius 2 is 2.08 bits per heavy atom. The number of fused-ring (bicyclic) bond motifs is 1. The second-order valence-corrected chi connectivity index (χ2v) is 3.45. The number of nitrogens with zero attached hydrogens (tertiary/aromatic N) is 2. The maximum Gasteiger partial charge on any atom is 0.284 e. The second kappa shape index (κ2) is 3.15. The van der Waals surface area contributed by atoms with Gasteiger partial charge in [-0.2, -0.15) is 0 Å². The highest BCUT2D eigenvalue weighted by atomic mass is 79.9. The molecule has 0 radical (unpaired) electrons. The van der Waals surface area contributed by atoms with Crippen molar-refractivity contribution in [1.29, 1.82) is 0 Å². The Labute approximate surface area is 84.2 Å². The Morgan fingerprint density at radius 1 is 1.31 bits per heavy atom. The first-order valence-corrected chi connectivity index (χ1v) is 4.53. The zero-order valence-electron chi connectivity index (χ0n) is 6.66. The highest BCUT2D eigenvalue weighted by Crippen LogP contribution is 2.26. The Morgan fingerprint density at radius 3 is 2.85 bits per heavy atom. The van der Waals surface area contributed by atoms with Crippen LogP contribution < -0.4 is 0 Å². The molecular weight excluding hydrogens is 228 g/mol. The first-order chi connectivity index (χ1) is 6.31. The molecule has 2 nitrogen and oxygen atoms in total. The summed E-state index contributed by atoms with van der Waals surface area (Å²) in [7, 11) is 0. The number of pyridine rings is 1. The highest BCUT2D eigenvalue weighted by Gasteiger charge is 2.04. The number of halogens is 1. The number of hydrogen-bond donors (Lipinski definition) is 0. The third kappa shape index (κ3) is 1.41. The molecule has 0 fully saturated rings. The lowest BCUT2D eigenvalue weighted by Crippen LogP contribution is -1.78. The van der Waals surface area contributed by atoms with Crippen LogP contribution in [0.1, 0.15) is 0 Å². The van der Waals surface area contributed by atoms with Gasteiger partial charge in [-0.05, 0) is 12.1 Å². The van der Waals surface area contributed by atoms with E-state index in [4.69, 9.17) is 6.57 Å². The van der Waals surface area contributed by atoms with Gasteiger partial charge in [-0.3, -0.25) is 0 Å². The molecular formula is C10H5BrN2. The molecule has 1 aromatic carbocycles. The van der Waals surface area contributed by atoms with E-state index in [9.17, 15) is 0 Å². The van der Waals surface area contributed by atoms with E-state index in [1.807, 2.05) is 30.3 Å². The number of rotatable bonds is 0. The molecule has 0 aliphatic rings. The van der Waals surface area contributed by atoms with Crippen LogP contribution in [0.25, 0.3) is 15.7 Å². The molecule has 1 aromatic heterocycles. The SMILES string of the molecule is [C-]#[N+]c1nc2ccccc2cc1Br. The average Bonchev–Trinajstić information content (AvgIpc) is 2.17. The van der Waals surface area contributed by atoms with Crippen LogP contribution in [0.3, 0.4) is 0 Å². The Bertz CT molecular complexity index is 500. The van der Waals surface area contributed by atoms with Crippen LogP contribution in [0.4, 0.5) is 5.82 Å². The first-order valence-electron chi connectivity index (χ1n) is 3.74. The van der Waals surface area contributed by atoms with E-state index in [1.54, 1.807) is 0 Å². The highest BCUT2D eigenvalue weighted by molar-refractivity contribution is 9.10. The van der Waals surface area contributed by atoms with Gasteiger partial charge in [0.2, 0.25) is 0 Å². The van der Waals surface area contributed by atoms with Crippen LogP contribution >= 0.6 is 15.9 Å².